The van der Waals surface area contributed by atoms with Crippen LogP contribution in [-0.2, 0) is 4.74 Å². The zero-order chi connectivity index (χ0) is 8.97. The zero-order valence-electron chi connectivity index (χ0n) is 7.59. The number of alkyl carbamates (subject to hydrolysis) is 1. The average Bonchev–Trinajstić information content (AvgIpc) is 2.09. The molecule has 2 atom stereocenters. The SMILES string of the molecule is COC(=O)NC1CCNCC1C. The minimum absolute atomic E-state index is 0.263. The number of nitrogens with one attached hydrogen (secondary N) is 2. The second-order valence-electron chi connectivity index (χ2n) is 3.21. The first-order valence-electron chi connectivity index (χ1n) is 4.29. The highest BCUT2D eigenvalue weighted by Crippen LogP contribution is 2.09. The Morgan fingerprint density at radius 3 is 3.00 bits per heavy atom. The topological polar surface area (TPSA) is 50.4 Å². The maximum Gasteiger partial charge on any atom is 0.407 e. The van der Waals surface area contributed by atoms with Crippen LogP contribution in [0.1, 0.15) is 13.3 Å². The monoisotopic (exact) mass is 172 g/mol. The van der Waals surface area contributed by atoms with Crippen molar-refractivity contribution >= 4 is 6.09 Å². The molecule has 0 aromatic rings. The molecule has 0 aromatic heterocycles. The Labute approximate surface area is 72.7 Å². The highest BCUT2D eigenvalue weighted by Gasteiger charge is 2.22. The van der Waals surface area contributed by atoms with Crippen molar-refractivity contribution in [1.29, 1.82) is 0 Å². The van der Waals surface area contributed by atoms with Crippen molar-refractivity contribution in [2.75, 3.05) is 20.2 Å². The van der Waals surface area contributed by atoms with E-state index in [9.17, 15) is 4.79 Å². The Morgan fingerprint density at radius 2 is 2.42 bits per heavy atom. The lowest BCUT2D eigenvalue weighted by Gasteiger charge is -2.29. The van der Waals surface area contributed by atoms with E-state index in [4.69, 9.17) is 0 Å². The van der Waals surface area contributed by atoms with Gasteiger partial charge < -0.3 is 15.4 Å². The van der Waals surface area contributed by atoms with Crippen LogP contribution in [0.4, 0.5) is 4.79 Å². The van der Waals surface area contributed by atoms with Crippen LogP contribution < -0.4 is 10.6 Å². The van der Waals surface area contributed by atoms with E-state index >= 15 is 0 Å². The molecule has 4 heteroatoms. The molecule has 2 unspecified atom stereocenters. The Morgan fingerprint density at radius 1 is 1.67 bits per heavy atom. The molecule has 1 amide bonds. The van der Waals surface area contributed by atoms with Crippen LogP contribution in [-0.4, -0.2) is 32.3 Å². The summed E-state index contributed by atoms with van der Waals surface area (Å²) in [5.41, 5.74) is 0. The van der Waals surface area contributed by atoms with Gasteiger partial charge in [0.15, 0.2) is 0 Å². The Kier molecular flexibility index (Phi) is 3.34. The van der Waals surface area contributed by atoms with Crippen LogP contribution in [0.3, 0.4) is 0 Å². The first-order chi connectivity index (χ1) is 5.74. The van der Waals surface area contributed by atoms with E-state index in [2.05, 4.69) is 22.3 Å². The van der Waals surface area contributed by atoms with Gasteiger partial charge in [-0.15, -0.1) is 0 Å². The van der Waals surface area contributed by atoms with E-state index in [1.54, 1.807) is 0 Å². The van der Waals surface area contributed by atoms with Crippen molar-refractivity contribution in [2.45, 2.75) is 19.4 Å². The molecule has 1 aliphatic heterocycles. The van der Waals surface area contributed by atoms with Gasteiger partial charge in [-0.2, -0.15) is 0 Å². The molecule has 0 bridgehead atoms. The van der Waals surface area contributed by atoms with Crippen molar-refractivity contribution in [3.63, 3.8) is 0 Å². The summed E-state index contributed by atoms with van der Waals surface area (Å²) in [4.78, 5) is 10.9. The van der Waals surface area contributed by atoms with Crippen LogP contribution in [0.15, 0.2) is 0 Å². The molecule has 0 radical (unpaired) electrons. The van der Waals surface area contributed by atoms with Crippen molar-refractivity contribution < 1.29 is 9.53 Å². The molecule has 12 heavy (non-hydrogen) atoms. The van der Waals surface area contributed by atoms with Crippen molar-refractivity contribution in [1.82, 2.24) is 10.6 Å². The molecule has 1 heterocycles. The van der Waals surface area contributed by atoms with Crippen LogP contribution in [0.5, 0.6) is 0 Å². The quantitative estimate of drug-likeness (QED) is 0.599. The molecule has 1 saturated heterocycles. The number of ether oxygens (including phenoxy) is 1. The van der Waals surface area contributed by atoms with E-state index < -0.39 is 0 Å². The summed E-state index contributed by atoms with van der Waals surface area (Å²) in [5.74, 6) is 0.484. The van der Waals surface area contributed by atoms with Gasteiger partial charge in [0, 0.05) is 6.04 Å². The van der Waals surface area contributed by atoms with E-state index in [1.807, 2.05) is 0 Å². The van der Waals surface area contributed by atoms with Gasteiger partial charge in [-0.1, -0.05) is 6.92 Å². The molecule has 0 aliphatic carbocycles. The van der Waals surface area contributed by atoms with Crippen LogP contribution in [0, 0.1) is 5.92 Å². The normalized spacial score (nSPS) is 29.5. The van der Waals surface area contributed by atoms with Gasteiger partial charge in [-0.3, -0.25) is 0 Å². The Balaban J connectivity index is 2.33. The van der Waals surface area contributed by atoms with Gasteiger partial charge in [0.05, 0.1) is 7.11 Å². The van der Waals surface area contributed by atoms with Gasteiger partial charge in [0.25, 0.3) is 0 Å². The highest BCUT2D eigenvalue weighted by molar-refractivity contribution is 5.67. The Bertz CT molecular complexity index is 161. The smallest absolute Gasteiger partial charge is 0.407 e. The lowest BCUT2D eigenvalue weighted by Crippen LogP contribution is -2.48. The van der Waals surface area contributed by atoms with Crippen LogP contribution in [0.25, 0.3) is 0 Å². The summed E-state index contributed by atoms with van der Waals surface area (Å²) in [7, 11) is 1.39. The molecule has 1 rings (SSSR count). The van der Waals surface area contributed by atoms with Gasteiger partial charge in [-0.05, 0) is 25.4 Å². The maximum atomic E-state index is 10.9. The number of amides is 1. The summed E-state index contributed by atoms with van der Waals surface area (Å²) >= 11 is 0. The van der Waals surface area contributed by atoms with Gasteiger partial charge >= 0.3 is 6.09 Å². The third-order valence-corrected chi connectivity index (χ3v) is 2.27. The fourth-order valence-electron chi connectivity index (χ4n) is 1.44. The predicted molar refractivity (Wildman–Crippen MR) is 46.0 cm³/mol. The van der Waals surface area contributed by atoms with Crippen molar-refractivity contribution in [3.8, 4) is 0 Å². The lowest BCUT2D eigenvalue weighted by atomic mass is 9.96. The van der Waals surface area contributed by atoms with E-state index in [0.29, 0.717) is 5.92 Å². The van der Waals surface area contributed by atoms with Crippen LogP contribution in [0.2, 0.25) is 0 Å². The highest BCUT2D eigenvalue weighted by atomic mass is 16.5. The largest absolute Gasteiger partial charge is 0.453 e. The van der Waals surface area contributed by atoms with Crippen molar-refractivity contribution in [3.05, 3.63) is 0 Å². The summed E-state index contributed by atoms with van der Waals surface area (Å²) < 4.78 is 4.53. The molecule has 0 spiro atoms. The number of hydrogen-bond donors (Lipinski definition) is 2. The number of methoxy groups -OCH3 is 1. The number of hydrogen-bond acceptors (Lipinski definition) is 3. The van der Waals surface area contributed by atoms with Gasteiger partial charge in [-0.25, -0.2) is 4.79 Å². The minimum Gasteiger partial charge on any atom is -0.453 e. The summed E-state index contributed by atoms with van der Waals surface area (Å²) in [5, 5.41) is 6.08. The third-order valence-electron chi connectivity index (χ3n) is 2.27. The average molecular weight is 172 g/mol. The molecular weight excluding hydrogens is 156 g/mol. The first-order valence-corrected chi connectivity index (χ1v) is 4.29. The van der Waals surface area contributed by atoms with E-state index in [0.717, 1.165) is 19.5 Å². The van der Waals surface area contributed by atoms with Crippen LogP contribution >= 0.6 is 0 Å². The van der Waals surface area contributed by atoms with Gasteiger partial charge in [0.1, 0.15) is 0 Å². The molecule has 70 valence electrons. The molecule has 4 nitrogen and oxygen atoms in total. The Hall–Kier alpha value is -0.770. The predicted octanol–water partition coefficient (Wildman–Crippen LogP) is 0.340. The molecule has 1 aliphatic rings. The fourth-order valence-corrected chi connectivity index (χ4v) is 1.44. The molecule has 0 aromatic carbocycles. The second-order valence-corrected chi connectivity index (χ2v) is 3.21. The lowest BCUT2D eigenvalue weighted by molar-refractivity contribution is 0.158. The fraction of sp³-hybridized carbons (Fsp3) is 0.875. The van der Waals surface area contributed by atoms with E-state index in [-0.39, 0.29) is 12.1 Å². The van der Waals surface area contributed by atoms with E-state index in [1.165, 1.54) is 7.11 Å². The zero-order valence-corrected chi connectivity index (χ0v) is 7.59. The molecule has 2 N–H and O–H groups in total. The molecule has 1 fully saturated rings. The number of piperidine rings is 1. The number of rotatable bonds is 1. The summed E-state index contributed by atoms with van der Waals surface area (Å²) in [6.07, 6.45) is 0.657. The molecule has 0 saturated carbocycles. The summed E-state index contributed by atoms with van der Waals surface area (Å²) in [6.45, 7) is 4.06. The first kappa shape index (κ1) is 9.32. The number of carbonyl (C=O) groups is 1. The summed E-state index contributed by atoms with van der Waals surface area (Å²) in [6, 6.07) is 0.263. The third kappa shape index (κ3) is 2.37. The standard InChI is InChI=1S/C8H16N2O2/c1-6-5-9-4-3-7(6)10-8(11)12-2/h6-7,9H,3-5H2,1-2H3,(H,10,11). The van der Waals surface area contributed by atoms with Crippen molar-refractivity contribution in [2.24, 2.45) is 5.92 Å². The second kappa shape index (κ2) is 4.30. The molecular formula is C8H16N2O2. The maximum absolute atomic E-state index is 10.9. The van der Waals surface area contributed by atoms with Gasteiger partial charge in [0.2, 0.25) is 0 Å². The number of carbonyl (C=O) groups excluding carboxylic acids is 1. The minimum atomic E-state index is -0.325.